The summed E-state index contributed by atoms with van der Waals surface area (Å²) in [6.07, 6.45) is 2.30. The first-order valence-electron chi connectivity index (χ1n) is 5.97. The van der Waals surface area contributed by atoms with Crippen molar-refractivity contribution < 1.29 is 4.79 Å². The summed E-state index contributed by atoms with van der Waals surface area (Å²) in [5.41, 5.74) is 7.23. The van der Waals surface area contributed by atoms with Crippen LogP contribution >= 0.6 is 27.5 Å². The molecule has 1 saturated heterocycles. The number of likely N-dealkylation sites (tertiary alicyclic amines) is 1. The topological polar surface area (TPSA) is 46.3 Å². The second kappa shape index (κ2) is 5.59. The lowest BCUT2D eigenvalue weighted by molar-refractivity contribution is -0.131. The highest BCUT2D eigenvalue weighted by Crippen LogP contribution is 2.32. The Balaban J connectivity index is 2.38. The molecule has 1 aliphatic rings. The average molecular weight is 332 g/mol. The molecule has 1 fully saturated rings. The number of nitrogens with two attached hydrogens (primary N) is 1. The van der Waals surface area contributed by atoms with Crippen LogP contribution in [0.1, 0.15) is 30.9 Å². The van der Waals surface area contributed by atoms with E-state index in [1.165, 1.54) is 0 Å². The predicted molar refractivity (Wildman–Crippen MR) is 76.5 cm³/mol. The van der Waals surface area contributed by atoms with Crippen molar-refractivity contribution in [3.63, 3.8) is 0 Å². The van der Waals surface area contributed by atoms with Gasteiger partial charge in [-0.25, -0.2) is 0 Å². The van der Waals surface area contributed by atoms with E-state index in [-0.39, 0.29) is 18.0 Å². The van der Waals surface area contributed by atoms with Crippen molar-refractivity contribution in [3.05, 3.63) is 33.3 Å². The Kier molecular flexibility index (Phi) is 4.30. The first kappa shape index (κ1) is 13.8. The Bertz CT molecular complexity index is 466. The third kappa shape index (κ3) is 2.71. The highest BCUT2D eigenvalue weighted by molar-refractivity contribution is 9.10. The summed E-state index contributed by atoms with van der Waals surface area (Å²) in [5.74, 6) is 0.152. The van der Waals surface area contributed by atoms with Gasteiger partial charge in [-0.15, -0.1) is 0 Å². The van der Waals surface area contributed by atoms with Gasteiger partial charge in [0.25, 0.3) is 0 Å². The molecule has 0 aromatic heterocycles. The summed E-state index contributed by atoms with van der Waals surface area (Å²) in [5, 5.41) is 0.662. The van der Waals surface area contributed by atoms with E-state index in [2.05, 4.69) is 15.9 Å². The zero-order valence-corrected chi connectivity index (χ0v) is 12.5. The van der Waals surface area contributed by atoms with Crippen LogP contribution < -0.4 is 5.73 Å². The number of benzene rings is 1. The first-order chi connectivity index (χ1) is 8.50. The number of hydrogen-bond donors (Lipinski definition) is 1. The Morgan fingerprint density at radius 1 is 1.50 bits per heavy atom. The fraction of sp³-hybridized carbons (Fsp3) is 0.462. The van der Waals surface area contributed by atoms with Crippen LogP contribution in [-0.4, -0.2) is 23.9 Å². The number of likely N-dealkylation sites (N-methyl/N-ethyl adjacent to an activating group) is 1. The van der Waals surface area contributed by atoms with Crippen LogP contribution in [0.25, 0.3) is 0 Å². The maximum absolute atomic E-state index is 11.9. The van der Waals surface area contributed by atoms with E-state index in [4.69, 9.17) is 17.3 Å². The van der Waals surface area contributed by atoms with E-state index in [0.29, 0.717) is 11.4 Å². The molecular weight excluding hydrogens is 316 g/mol. The van der Waals surface area contributed by atoms with E-state index in [1.807, 2.05) is 25.2 Å². The normalized spacial score (nSPS) is 25.1. The fourth-order valence-electron chi connectivity index (χ4n) is 2.43. The van der Waals surface area contributed by atoms with Crippen molar-refractivity contribution in [3.8, 4) is 0 Å². The zero-order valence-electron chi connectivity index (χ0n) is 10.2. The molecular formula is C13H16BrClN2O. The minimum atomic E-state index is -0.0754. The summed E-state index contributed by atoms with van der Waals surface area (Å²) >= 11 is 9.41. The van der Waals surface area contributed by atoms with Gasteiger partial charge in [0, 0.05) is 24.0 Å². The van der Waals surface area contributed by atoms with Gasteiger partial charge in [0.2, 0.25) is 5.91 Å². The van der Waals surface area contributed by atoms with Crippen molar-refractivity contribution in [2.24, 2.45) is 5.73 Å². The van der Waals surface area contributed by atoms with Crippen molar-refractivity contribution in [1.29, 1.82) is 0 Å². The largest absolute Gasteiger partial charge is 0.337 e. The maximum Gasteiger partial charge on any atom is 0.222 e. The second-order valence-electron chi connectivity index (χ2n) is 4.68. The van der Waals surface area contributed by atoms with Gasteiger partial charge in [0.05, 0.1) is 11.1 Å². The molecule has 1 aromatic rings. The molecule has 98 valence electrons. The number of rotatable bonds is 1. The van der Waals surface area contributed by atoms with Crippen LogP contribution in [-0.2, 0) is 4.79 Å². The van der Waals surface area contributed by atoms with E-state index in [0.717, 1.165) is 22.9 Å². The zero-order chi connectivity index (χ0) is 13.3. The number of carbonyl (C=O) groups excluding carboxylic acids is 1. The van der Waals surface area contributed by atoms with Crippen LogP contribution in [0, 0.1) is 0 Å². The fourth-order valence-corrected chi connectivity index (χ4v) is 2.95. The molecule has 2 atom stereocenters. The molecule has 18 heavy (non-hydrogen) atoms. The van der Waals surface area contributed by atoms with Gasteiger partial charge in [-0.05, 0) is 46.5 Å². The summed E-state index contributed by atoms with van der Waals surface area (Å²) in [6, 6.07) is 5.61. The summed E-state index contributed by atoms with van der Waals surface area (Å²) < 4.78 is 0.832. The predicted octanol–water partition coefficient (Wildman–Crippen LogP) is 3.11. The van der Waals surface area contributed by atoms with Crippen LogP contribution in [0.3, 0.4) is 0 Å². The number of nitrogens with zero attached hydrogens (tertiary/aromatic N) is 1. The minimum absolute atomic E-state index is 0.0328. The molecule has 3 nitrogen and oxygen atoms in total. The van der Waals surface area contributed by atoms with Gasteiger partial charge in [-0.3, -0.25) is 4.79 Å². The standard InChI is InChI=1S/C13H16BrClN2O/c1-17-12(18)4-2-3-11(16)13(17)8-5-6-10(15)9(14)7-8/h5-7,11,13H,2-4,16H2,1H3. The smallest absolute Gasteiger partial charge is 0.222 e. The maximum atomic E-state index is 11.9. The number of amides is 1. The van der Waals surface area contributed by atoms with Crippen molar-refractivity contribution >= 4 is 33.4 Å². The Morgan fingerprint density at radius 3 is 2.89 bits per heavy atom. The monoisotopic (exact) mass is 330 g/mol. The van der Waals surface area contributed by atoms with Crippen LogP contribution in [0.5, 0.6) is 0 Å². The van der Waals surface area contributed by atoms with Gasteiger partial charge >= 0.3 is 0 Å². The molecule has 1 amide bonds. The minimum Gasteiger partial charge on any atom is -0.337 e. The summed E-state index contributed by atoms with van der Waals surface area (Å²) in [7, 11) is 1.82. The number of halogens is 2. The quantitative estimate of drug-likeness (QED) is 0.859. The van der Waals surface area contributed by atoms with Crippen molar-refractivity contribution in [2.45, 2.75) is 31.3 Å². The van der Waals surface area contributed by atoms with Crippen LogP contribution in [0.15, 0.2) is 22.7 Å². The average Bonchev–Trinajstić information content (AvgIpc) is 2.44. The molecule has 2 N–H and O–H groups in total. The molecule has 1 aliphatic heterocycles. The van der Waals surface area contributed by atoms with E-state index >= 15 is 0 Å². The number of carbonyl (C=O) groups is 1. The molecule has 2 rings (SSSR count). The van der Waals surface area contributed by atoms with Crippen molar-refractivity contribution in [1.82, 2.24) is 4.90 Å². The van der Waals surface area contributed by atoms with E-state index < -0.39 is 0 Å². The number of hydrogen-bond acceptors (Lipinski definition) is 2. The summed E-state index contributed by atoms with van der Waals surface area (Å²) in [4.78, 5) is 13.7. The molecule has 0 spiro atoms. The first-order valence-corrected chi connectivity index (χ1v) is 7.14. The third-order valence-electron chi connectivity index (χ3n) is 3.43. The molecule has 2 unspecified atom stereocenters. The molecule has 1 aromatic carbocycles. The third-order valence-corrected chi connectivity index (χ3v) is 4.64. The van der Waals surface area contributed by atoms with Gasteiger partial charge < -0.3 is 10.6 Å². The Labute approximate surface area is 120 Å². The molecule has 1 heterocycles. The molecule has 0 radical (unpaired) electrons. The van der Waals surface area contributed by atoms with Crippen LogP contribution in [0.2, 0.25) is 5.02 Å². The van der Waals surface area contributed by atoms with Gasteiger partial charge in [-0.1, -0.05) is 17.7 Å². The highest BCUT2D eigenvalue weighted by Gasteiger charge is 2.30. The lowest BCUT2D eigenvalue weighted by atomic mass is 9.97. The van der Waals surface area contributed by atoms with Gasteiger partial charge in [0.1, 0.15) is 0 Å². The SMILES string of the molecule is CN1C(=O)CCCC(N)C1c1ccc(Cl)c(Br)c1. The Morgan fingerprint density at radius 2 is 2.22 bits per heavy atom. The highest BCUT2D eigenvalue weighted by atomic mass is 79.9. The molecule has 5 heteroatoms. The van der Waals surface area contributed by atoms with Gasteiger partial charge in [-0.2, -0.15) is 0 Å². The summed E-state index contributed by atoms with van der Waals surface area (Å²) in [6.45, 7) is 0. The molecule has 0 aliphatic carbocycles. The van der Waals surface area contributed by atoms with E-state index in [9.17, 15) is 4.79 Å². The lowest BCUT2D eigenvalue weighted by Crippen LogP contribution is -2.39. The molecule has 0 saturated carbocycles. The molecule has 0 bridgehead atoms. The second-order valence-corrected chi connectivity index (χ2v) is 5.94. The lowest BCUT2D eigenvalue weighted by Gasteiger charge is -2.31. The van der Waals surface area contributed by atoms with Crippen LogP contribution in [0.4, 0.5) is 0 Å². The van der Waals surface area contributed by atoms with Crippen molar-refractivity contribution in [2.75, 3.05) is 7.05 Å². The van der Waals surface area contributed by atoms with Gasteiger partial charge in [0.15, 0.2) is 0 Å². The van der Waals surface area contributed by atoms with E-state index in [1.54, 1.807) is 4.90 Å². The Hall–Kier alpha value is -0.580.